The van der Waals surface area contributed by atoms with Crippen molar-refractivity contribution in [3.8, 4) is 17.2 Å². The Kier molecular flexibility index (Phi) is 5.42. The number of aromatic nitrogens is 2. The summed E-state index contributed by atoms with van der Waals surface area (Å²) in [5.74, 6) is -3.99. The van der Waals surface area contributed by atoms with Crippen LogP contribution in [0.15, 0.2) is 55.0 Å². The van der Waals surface area contributed by atoms with Crippen LogP contribution in [-0.4, -0.2) is 45.1 Å². The Hall–Kier alpha value is -3.73. The number of rotatable bonds is 5. The fraction of sp³-hybridized carbons (Fsp3) is 0.261. The molecule has 0 bridgehead atoms. The Morgan fingerprint density at radius 2 is 2.00 bits per heavy atom. The fourth-order valence-corrected chi connectivity index (χ4v) is 3.80. The Morgan fingerprint density at radius 3 is 2.74 bits per heavy atom. The number of halogens is 2. The maximum absolute atomic E-state index is 13.6. The first-order valence-electron chi connectivity index (χ1n) is 9.77. The third kappa shape index (κ3) is 4.26. The van der Waals surface area contributed by atoms with Crippen molar-refractivity contribution in [1.29, 1.82) is 5.26 Å². The molecule has 1 aromatic carbocycles. The SMILES string of the molecule is N#C[C@@H]1CC(F)(F)CN1C(=O)CCC(=O)c1ccnc2ccc(-c3cccnc3)cc12. The van der Waals surface area contributed by atoms with E-state index in [0.717, 1.165) is 16.0 Å². The van der Waals surface area contributed by atoms with Crippen LogP contribution in [0.4, 0.5) is 8.78 Å². The highest BCUT2D eigenvalue weighted by molar-refractivity contribution is 6.08. The molecule has 6 nitrogen and oxygen atoms in total. The van der Waals surface area contributed by atoms with Crippen LogP contribution in [0.3, 0.4) is 0 Å². The van der Waals surface area contributed by atoms with Gasteiger partial charge in [0, 0.05) is 54.4 Å². The average molecular weight is 420 g/mol. The number of carbonyl (C=O) groups excluding carboxylic acids is 2. The molecule has 0 N–H and O–H groups in total. The van der Waals surface area contributed by atoms with Crippen molar-refractivity contribution in [2.24, 2.45) is 0 Å². The number of nitriles is 1. The number of carbonyl (C=O) groups is 2. The molecular weight excluding hydrogens is 402 g/mol. The minimum atomic E-state index is -3.08. The van der Waals surface area contributed by atoms with E-state index in [-0.39, 0.29) is 18.6 Å². The molecule has 1 aliphatic heterocycles. The molecule has 3 aromatic rings. The van der Waals surface area contributed by atoms with E-state index in [1.807, 2.05) is 30.3 Å². The Balaban J connectivity index is 1.54. The normalized spacial score (nSPS) is 17.5. The number of amides is 1. The van der Waals surface area contributed by atoms with Crippen molar-refractivity contribution < 1.29 is 18.4 Å². The van der Waals surface area contributed by atoms with E-state index in [1.165, 1.54) is 6.20 Å². The summed E-state index contributed by atoms with van der Waals surface area (Å²) in [6.07, 6.45) is 3.86. The number of hydrogen-bond acceptors (Lipinski definition) is 5. The summed E-state index contributed by atoms with van der Waals surface area (Å²) in [5.41, 5.74) is 2.80. The lowest BCUT2D eigenvalue weighted by molar-refractivity contribution is -0.132. The summed E-state index contributed by atoms with van der Waals surface area (Å²) < 4.78 is 27.2. The van der Waals surface area contributed by atoms with Crippen molar-refractivity contribution in [2.75, 3.05) is 6.54 Å². The molecule has 0 unspecified atom stereocenters. The maximum Gasteiger partial charge on any atom is 0.268 e. The lowest BCUT2D eigenvalue weighted by Crippen LogP contribution is -2.36. The van der Waals surface area contributed by atoms with Gasteiger partial charge in [-0.15, -0.1) is 0 Å². The quantitative estimate of drug-likeness (QED) is 0.582. The van der Waals surface area contributed by atoms with Gasteiger partial charge in [-0.25, -0.2) is 8.78 Å². The molecule has 4 rings (SSSR count). The molecule has 1 aliphatic rings. The summed E-state index contributed by atoms with van der Waals surface area (Å²) in [6, 6.07) is 11.4. The van der Waals surface area contributed by atoms with Crippen molar-refractivity contribution in [3.63, 3.8) is 0 Å². The second-order valence-corrected chi connectivity index (χ2v) is 7.48. The second kappa shape index (κ2) is 8.19. The van der Waals surface area contributed by atoms with Crippen LogP contribution in [0.5, 0.6) is 0 Å². The number of fused-ring (bicyclic) bond motifs is 1. The zero-order chi connectivity index (χ0) is 22.0. The number of hydrogen-bond donors (Lipinski definition) is 0. The van der Waals surface area contributed by atoms with Crippen LogP contribution in [0.2, 0.25) is 0 Å². The van der Waals surface area contributed by atoms with Gasteiger partial charge in [0.1, 0.15) is 6.04 Å². The fourth-order valence-electron chi connectivity index (χ4n) is 3.80. The Labute approximate surface area is 177 Å². The smallest absolute Gasteiger partial charge is 0.268 e. The number of nitrogens with zero attached hydrogens (tertiary/aromatic N) is 4. The number of alkyl halides is 2. The molecule has 0 spiro atoms. The molecular formula is C23H18F2N4O2. The monoisotopic (exact) mass is 420 g/mol. The largest absolute Gasteiger partial charge is 0.320 e. The molecule has 1 fully saturated rings. The van der Waals surface area contributed by atoms with Gasteiger partial charge in [0.25, 0.3) is 5.92 Å². The first-order chi connectivity index (χ1) is 14.9. The third-order valence-electron chi connectivity index (χ3n) is 5.34. The van der Waals surface area contributed by atoms with E-state index in [4.69, 9.17) is 5.26 Å². The molecule has 1 saturated heterocycles. The summed E-state index contributed by atoms with van der Waals surface area (Å²) in [6.45, 7) is -0.787. The molecule has 1 atom stereocenters. The number of pyridine rings is 2. The van der Waals surface area contributed by atoms with Crippen molar-refractivity contribution in [2.45, 2.75) is 31.2 Å². The Morgan fingerprint density at radius 1 is 1.16 bits per heavy atom. The zero-order valence-corrected chi connectivity index (χ0v) is 16.5. The highest BCUT2D eigenvalue weighted by Gasteiger charge is 2.47. The lowest BCUT2D eigenvalue weighted by atomic mass is 9.98. The molecule has 1 amide bonds. The van der Waals surface area contributed by atoms with Crippen LogP contribution in [0, 0.1) is 11.3 Å². The molecule has 156 valence electrons. The van der Waals surface area contributed by atoms with E-state index < -0.39 is 30.8 Å². The van der Waals surface area contributed by atoms with Gasteiger partial charge in [0.05, 0.1) is 18.1 Å². The number of benzene rings is 1. The minimum Gasteiger partial charge on any atom is -0.320 e. The molecule has 0 radical (unpaired) electrons. The van der Waals surface area contributed by atoms with Gasteiger partial charge in [-0.3, -0.25) is 19.6 Å². The van der Waals surface area contributed by atoms with E-state index in [2.05, 4.69) is 9.97 Å². The van der Waals surface area contributed by atoms with Crippen molar-refractivity contribution >= 4 is 22.6 Å². The van der Waals surface area contributed by atoms with Gasteiger partial charge in [-0.2, -0.15) is 5.26 Å². The zero-order valence-electron chi connectivity index (χ0n) is 16.5. The average Bonchev–Trinajstić information content (AvgIpc) is 3.11. The summed E-state index contributed by atoms with van der Waals surface area (Å²) in [4.78, 5) is 34.6. The second-order valence-electron chi connectivity index (χ2n) is 7.48. The summed E-state index contributed by atoms with van der Waals surface area (Å²) in [5, 5.41) is 9.70. The van der Waals surface area contributed by atoms with E-state index in [9.17, 15) is 18.4 Å². The standard InChI is InChI=1S/C23H18F2N4O2/c24-23(25)11-17(12-26)29(14-23)22(31)6-5-21(30)18-7-9-28-20-4-3-15(10-19(18)20)16-2-1-8-27-13-16/h1-4,7-10,13,17H,5-6,11,14H2/t17-/m0/s1. The predicted molar refractivity (Wildman–Crippen MR) is 109 cm³/mol. The topological polar surface area (TPSA) is 87.0 Å². The summed E-state index contributed by atoms with van der Waals surface area (Å²) in [7, 11) is 0. The number of Topliss-reactive ketones (excluding diaryl/α,β-unsaturated/α-hetero) is 1. The summed E-state index contributed by atoms with van der Waals surface area (Å²) >= 11 is 0. The van der Waals surface area contributed by atoms with Gasteiger partial charge in [-0.05, 0) is 29.8 Å². The number of likely N-dealkylation sites (tertiary alicyclic amines) is 1. The van der Waals surface area contributed by atoms with Crippen molar-refractivity contribution in [3.05, 3.63) is 60.6 Å². The van der Waals surface area contributed by atoms with Gasteiger partial charge >= 0.3 is 0 Å². The van der Waals surface area contributed by atoms with Gasteiger partial charge in [-0.1, -0.05) is 12.1 Å². The first kappa shape index (κ1) is 20.5. The maximum atomic E-state index is 13.6. The minimum absolute atomic E-state index is 0.144. The molecule has 3 heterocycles. The molecule has 2 aromatic heterocycles. The van der Waals surface area contributed by atoms with Crippen LogP contribution in [0.1, 0.15) is 29.6 Å². The highest BCUT2D eigenvalue weighted by Crippen LogP contribution is 2.32. The van der Waals surface area contributed by atoms with Gasteiger partial charge in [0.2, 0.25) is 5.91 Å². The van der Waals surface area contributed by atoms with E-state index in [1.54, 1.807) is 24.5 Å². The van der Waals surface area contributed by atoms with Crippen LogP contribution in [-0.2, 0) is 4.79 Å². The van der Waals surface area contributed by atoms with E-state index in [0.29, 0.717) is 16.5 Å². The third-order valence-corrected chi connectivity index (χ3v) is 5.34. The van der Waals surface area contributed by atoms with Crippen LogP contribution >= 0.6 is 0 Å². The lowest BCUT2D eigenvalue weighted by Gasteiger charge is -2.18. The highest BCUT2D eigenvalue weighted by atomic mass is 19.3. The number of ketones is 1. The molecule has 0 aliphatic carbocycles. The van der Waals surface area contributed by atoms with Gasteiger partial charge < -0.3 is 4.90 Å². The van der Waals surface area contributed by atoms with Crippen LogP contribution < -0.4 is 0 Å². The van der Waals surface area contributed by atoms with Gasteiger partial charge in [0.15, 0.2) is 5.78 Å². The molecule has 31 heavy (non-hydrogen) atoms. The van der Waals surface area contributed by atoms with Crippen LogP contribution in [0.25, 0.3) is 22.0 Å². The first-order valence-corrected chi connectivity index (χ1v) is 9.77. The Bertz CT molecular complexity index is 1190. The molecule has 8 heteroatoms. The van der Waals surface area contributed by atoms with Crippen molar-refractivity contribution in [1.82, 2.24) is 14.9 Å². The molecule has 0 saturated carbocycles. The predicted octanol–water partition coefficient (Wildman–Crippen LogP) is 4.02. The van der Waals surface area contributed by atoms with E-state index >= 15 is 0 Å².